The molecule has 2 amide bonds. The summed E-state index contributed by atoms with van der Waals surface area (Å²) in [6.45, 7) is 7.79. The minimum atomic E-state index is -0.375. The first-order valence-electron chi connectivity index (χ1n) is 9.69. The van der Waals surface area contributed by atoms with Crippen molar-refractivity contribution in [3.05, 3.63) is 29.7 Å². The van der Waals surface area contributed by atoms with E-state index in [0.29, 0.717) is 11.4 Å². The van der Waals surface area contributed by atoms with Gasteiger partial charge in [-0.05, 0) is 47.0 Å². The van der Waals surface area contributed by atoms with Crippen LogP contribution in [0.4, 0.5) is 10.6 Å². The van der Waals surface area contributed by atoms with Gasteiger partial charge in [0.25, 0.3) is 5.91 Å². The van der Waals surface area contributed by atoms with E-state index in [1.54, 1.807) is 17.1 Å². The van der Waals surface area contributed by atoms with Crippen molar-refractivity contribution in [2.75, 3.05) is 5.32 Å². The van der Waals surface area contributed by atoms with Crippen LogP contribution in [0.25, 0.3) is 0 Å². The van der Waals surface area contributed by atoms with Crippen LogP contribution < -0.4 is 10.6 Å². The Bertz CT molecular complexity index is 825. The number of H-pyrrole nitrogens is 1. The molecular formula is C19H28N6O3. The maximum atomic E-state index is 12.4. The van der Waals surface area contributed by atoms with E-state index in [4.69, 9.17) is 4.74 Å². The zero-order valence-corrected chi connectivity index (χ0v) is 16.7. The largest absolute Gasteiger partial charge is 0.446 e. The van der Waals surface area contributed by atoms with Crippen LogP contribution in [0.1, 0.15) is 75.0 Å². The highest BCUT2D eigenvalue weighted by atomic mass is 16.6. The van der Waals surface area contributed by atoms with E-state index in [1.807, 2.05) is 33.8 Å². The summed E-state index contributed by atoms with van der Waals surface area (Å²) in [6.07, 6.45) is 5.23. The molecule has 2 unspecified atom stereocenters. The lowest BCUT2D eigenvalue weighted by atomic mass is 10.0. The maximum Gasteiger partial charge on any atom is 0.407 e. The highest BCUT2D eigenvalue weighted by molar-refractivity contribution is 6.03. The van der Waals surface area contributed by atoms with Gasteiger partial charge < -0.3 is 15.4 Å². The molecule has 3 rings (SSSR count). The molecule has 0 spiro atoms. The molecule has 0 saturated heterocycles. The van der Waals surface area contributed by atoms with E-state index in [9.17, 15) is 9.59 Å². The summed E-state index contributed by atoms with van der Waals surface area (Å²) in [7, 11) is 0. The number of carbonyl (C=O) groups excluding carboxylic acids is 2. The number of aromatic amines is 1. The predicted molar refractivity (Wildman–Crippen MR) is 104 cm³/mol. The lowest BCUT2D eigenvalue weighted by Crippen LogP contribution is -2.33. The normalized spacial score (nSPS) is 19.2. The SMILES string of the molecule is CC(C)NC(=O)OC1CCC(c2cc(NC(=O)c3cnn(C(C)C)c3)n[nH]2)C1. The molecule has 1 aliphatic rings. The van der Waals surface area contributed by atoms with Gasteiger partial charge in [-0.15, -0.1) is 0 Å². The fourth-order valence-corrected chi connectivity index (χ4v) is 3.29. The van der Waals surface area contributed by atoms with Crippen LogP contribution in [0.2, 0.25) is 0 Å². The molecule has 152 valence electrons. The van der Waals surface area contributed by atoms with Gasteiger partial charge in [0.15, 0.2) is 5.82 Å². The zero-order chi connectivity index (χ0) is 20.3. The summed E-state index contributed by atoms with van der Waals surface area (Å²) in [6, 6.07) is 2.08. The van der Waals surface area contributed by atoms with E-state index in [-0.39, 0.29) is 36.1 Å². The minimum Gasteiger partial charge on any atom is -0.446 e. The number of anilines is 1. The lowest BCUT2D eigenvalue weighted by molar-refractivity contribution is 0.0979. The van der Waals surface area contributed by atoms with E-state index in [1.165, 1.54) is 0 Å². The molecular weight excluding hydrogens is 360 g/mol. The van der Waals surface area contributed by atoms with Gasteiger partial charge in [0.2, 0.25) is 0 Å². The molecule has 0 bridgehead atoms. The first-order chi connectivity index (χ1) is 13.3. The number of aromatic nitrogens is 4. The summed E-state index contributed by atoms with van der Waals surface area (Å²) in [5.41, 5.74) is 1.42. The van der Waals surface area contributed by atoms with Gasteiger partial charge >= 0.3 is 6.09 Å². The standard InChI is InChI=1S/C19H28N6O3/c1-11(2)21-19(27)28-15-6-5-13(7-15)16-8-17(24-23-16)22-18(26)14-9-20-25(10-14)12(3)4/h8-13,15H,5-7H2,1-4H3,(H,21,27)(H2,22,23,24,26). The third-order valence-electron chi connectivity index (χ3n) is 4.74. The van der Waals surface area contributed by atoms with E-state index >= 15 is 0 Å². The average molecular weight is 388 g/mol. The minimum absolute atomic E-state index is 0.0520. The van der Waals surface area contributed by atoms with Crippen molar-refractivity contribution in [3.63, 3.8) is 0 Å². The third-order valence-corrected chi connectivity index (χ3v) is 4.74. The molecule has 9 heteroatoms. The van der Waals surface area contributed by atoms with Gasteiger partial charge in [-0.3, -0.25) is 14.6 Å². The summed E-state index contributed by atoms with van der Waals surface area (Å²) < 4.78 is 7.20. The molecule has 2 aromatic heterocycles. The fraction of sp³-hybridized carbons (Fsp3) is 0.579. The molecule has 0 aromatic carbocycles. The fourth-order valence-electron chi connectivity index (χ4n) is 3.29. The van der Waals surface area contributed by atoms with Crippen molar-refractivity contribution in [2.24, 2.45) is 0 Å². The monoisotopic (exact) mass is 388 g/mol. The number of rotatable bonds is 6. The van der Waals surface area contributed by atoms with Crippen molar-refractivity contribution >= 4 is 17.8 Å². The van der Waals surface area contributed by atoms with Crippen LogP contribution in [0.3, 0.4) is 0 Å². The molecule has 9 nitrogen and oxygen atoms in total. The van der Waals surface area contributed by atoms with Gasteiger partial charge in [-0.25, -0.2) is 4.79 Å². The average Bonchev–Trinajstić information content (AvgIpc) is 3.34. The predicted octanol–water partition coefficient (Wildman–Crippen LogP) is 3.21. The summed E-state index contributed by atoms with van der Waals surface area (Å²) in [4.78, 5) is 24.1. The summed E-state index contributed by atoms with van der Waals surface area (Å²) in [5, 5.41) is 16.9. The van der Waals surface area contributed by atoms with Crippen LogP contribution >= 0.6 is 0 Å². The number of nitrogens with zero attached hydrogens (tertiary/aromatic N) is 3. The van der Waals surface area contributed by atoms with E-state index < -0.39 is 0 Å². The molecule has 1 saturated carbocycles. The van der Waals surface area contributed by atoms with Crippen molar-refractivity contribution in [2.45, 2.75) is 71.1 Å². The Balaban J connectivity index is 1.54. The molecule has 0 radical (unpaired) electrons. The molecule has 2 atom stereocenters. The number of carbonyl (C=O) groups is 2. The number of hydrogen-bond donors (Lipinski definition) is 3. The summed E-state index contributed by atoms with van der Waals surface area (Å²) in [5.74, 6) is 0.445. The van der Waals surface area contributed by atoms with Crippen molar-refractivity contribution < 1.29 is 14.3 Å². The molecule has 3 N–H and O–H groups in total. The Kier molecular flexibility index (Phi) is 6.01. The first-order valence-corrected chi connectivity index (χ1v) is 9.69. The van der Waals surface area contributed by atoms with Crippen molar-refractivity contribution in [1.82, 2.24) is 25.3 Å². The van der Waals surface area contributed by atoms with Gasteiger partial charge in [0, 0.05) is 36.0 Å². The van der Waals surface area contributed by atoms with Crippen LogP contribution in [0.15, 0.2) is 18.5 Å². The number of amides is 2. The number of hydrogen-bond acceptors (Lipinski definition) is 5. The topological polar surface area (TPSA) is 114 Å². The van der Waals surface area contributed by atoms with Crippen molar-refractivity contribution in [1.29, 1.82) is 0 Å². The number of nitrogens with one attached hydrogen (secondary N) is 3. The Morgan fingerprint density at radius 2 is 2.07 bits per heavy atom. The highest BCUT2D eigenvalue weighted by Gasteiger charge is 2.30. The molecule has 2 heterocycles. The molecule has 2 aromatic rings. The third kappa shape index (κ3) is 4.90. The quantitative estimate of drug-likeness (QED) is 0.703. The maximum absolute atomic E-state index is 12.4. The van der Waals surface area contributed by atoms with Crippen LogP contribution in [0, 0.1) is 0 Å². The zero-order valence-electron chi connectivity index (χ0n) is 16.7. The number of alkyl carbamates (subject to hydrolysis) is 1. The Labute approximate surface area is 164 Å². The molecule has 28 heavy (non-hydrogen) atoms. The Morgan fingerprint density at radius 3 is 2.75 bits per heavy atom. The number of ether oxygens (including phenoxy) is 1. The molecule has 1 fully saturated rings. The second-order valence-corrected chi connectivity index (χ2v) is 7.80. The van der Waals surface area contributed by atoms with Gasteiger partial charge in [0.1, 0.15) is 6.10 Å². The molecule has 0 aliphatic heterocycles. The summed E-state index contributed by atoms with van der Waals surface area (Å²) >= 11 is 0. The Morgan fingerprint density at radius 1 is 1.29 bits per heavy atom. The van der Waals surface area contributed by atoms with Gasteiger partial charge in [-0.1, -0.05) is 0 Å². The van der Waals surface area contributed by atoms with Gasteiger partial charge in [0.05, 0.1) is 11.8 Å². The van der Waals surface area contributed by atoms with Crippen LogP contribution in [-0.2, 0) is 4.74 Å². The van der Waals surface area contributed by atoms with Crippen molar-refractivity contribution in [3.8, 4) is 0 Å². The highest BCUT2D eigenvalue weighted by Crippen LogP contribution is 2.35. The second kappa shape index (κ2) is 8.45. The lowest BCUT2D eigenvalue weighted by Gasteiger charge is -2.14. The van der Waals surface area contributed by atoms with E-state index in [0.717, 1.165) is 25.0 Å². The van der Waals surface area contributed by atoms with Gasteiger partial charge in [-0.2, -0.15) is 10.2 Å². The first kappa shape index (κ1) is 19.9. The Hall–Kier alpha value is -2.84. The smallest absolute Gasteiger partial charge is 0.407 e. The van der Waals surface area contributed by atoms with Crippen LogP contribution in [0.5, 0.6) is 0 Å². The second-order valence-electron chi connectivity index (χ2n) is 7.80. The molecule has 1 aliphatic carbocycles. The van der Waals surface area contributed by atoms with Crippen LogP contribution in [-0.4, -0.2) is 44.1 Å². The van der Waals surface area contributed by atoms with E-state index in [2.05, 4.69) is 25.9 Å².